The lowest BCUT2D eigenvalue weighted by Crippen LogP contribution is -2.43. The molecule has 2 aliphatic rings. The van der Waals surface area contributed by atoms with Gasteiger partial charge in [-0.2, -0.15) is 0 Å². The monoisotopic (exact) mass is 611 g/mol. The zero-order chi connectivity index (χ0) is 30.5. The molecule has 2 heterocycles. The number of anilines is 1. The van der Waals surface area contributed by atoms with E-state index >= 15 is 0 Å². The standard InChI is InChI=1S/C34H31F2N5O2S/c35-28-11-6-12-29(36)31(28)27-10-5-4-9-23(27)20-38-24-13-15-26(16-14-24)41(21-22-7-2-1-3-8-22)33-37-18-17-25(39-33)19-30-32(42)40-34(43)44-30/h1-12,17-19,24,26,38H,13-16,20-21H2,(H,40,42,43). The number of amides is 2. The molecule has 1 saturated carbocycles. The molecule has 2 N–H and O–H groups in total. The van der Waals surface area contributed by atoms with Crippen LogP contribution in [-0.4, -0.2) is 33.2 Å². The lowest BCUT2D eigenvalue weighted by atomic mass is 9.89. The maximum absolute atomic E-state index is 14.6. The van der Waals surface area contributed by atoms with E-state index in [2.05, 4.69) is 32.7 Å². The van der Waals surface area contributed by atoms with Crippen molar-refractivity contribution in [1.29, 1.82) is 0 Å². The minimum absolute atomic E-state index is 0.00166. The van der Waals surface area contributed by atoms with E-state index in [0.29, 0.717) is 35.2 Å². The molecule has 0 atom stereocenters. The molecule has 7 nitrogen and oxygen atoms in total. The van der Waals surface area contributed by atoms with Gasteiger partial charge in [-0.05, 0) is 78.4 Å². The van der Waals surface area contributed by atoms with Crippen molar-refractivity contribution in [3.63, 3.8) is 0 Å². The number of rotatable bonds is 9. The first kappa shape index (κ1) is 29.7. The molecule has 10 heteroatoms. The van der Waals surface area contributed by atoms with Crippen LogP contribution in [0, 0.1) is 11.6 Å². The Kier molecular flexibility index (Phi) is 9.09. The number of carbonyl (C=O) groups is 2. The zero-order valence-electron chi connectivity index (χ0n) is 23.9. The number of carbonyl (C=O) groups excluding carboxylic acids is 2. The summed E-state index contributed by atoms with van der Waals surface area (Å²) >= 11 is 0.861. The summed E-state index contributed by atoms with van der Waals surface area (Å²) in [5.41, 5.74) is 3.10. The lowest BCUT2D eigenvalue weighted by Gasteiger charge is -2.37. The van der Waals surface area contributed by atoms with E-state index in [-0.39, 0.29) is 17.6 Å². The van der Waals surface area contributed by atoms with Gasteiger partial charge in [0.15, 0.2) is 0 Å². The second kappa shape index (κ2) is 13.5. The van der Waals surface area contributed by atoms with Crippen LogP contribution in [0.2, 0.25) is 0 Å². The summed E-state index contributed by atoms with van der Waals surface area (Å²) in [6, 6.07) is 23.6. The Morgan fingerprint density at radius 2 is 1.64 bits per heavy atom. The molecular formula is C34H31F2N5O2S. The van der Waals surface area contributed by atoms with Gasteiger partial charge in [-0.3, -0.25) is 14.9 Å². The molecule has 2 amide bonds. The highest BCUT2D eigenvalue weighted by molar-refractivity contribution is 8.18. The van der Waals surface area contributed by atoms with Crippen LogP contribution >= 0.6 is 11.8 Å². The van der Waals surface area contributed by atoms with Crippen molar-refractivity contribution in [3.8, 4) is 11.1 Å². The minimum Gasteiger partial charge on any atom is -0.333 e. The molecule has 3 aromatic carbocycles. The van der Waals surface area contributed by atoms with Crippen LogP contribution in [0.5, 0.6) is 0 Å². The van der Waals surface area contributed by atoms with E-state index in [9.17, 15) is 18.4 Å². The normalized spacial score (nSPS) is 19.3. The summed E-state index contributed by atoms with van der Waals surface area (Å²) in [5, 5.41) is 5.50. The van der Waals surface area contributed by atoms with Crippen LogP contribution in [0.1, 0.15) is 42.5 Å². The van der Waals surface area contributed by atoms with E-state index in [4.69, 9.17) is 4.98 Å². The average Bonchev–Trinajstić information content (AvgIpc) is 3.36. The zero-order valence-corrected chi connectivity index (χ0v) is 24.7. The topological polar surface area (TPSA) is 87.2 Å². The number of nitrogens with one attached hydrogen (secondary N) is 2. The first-order valence-corrected chi connectivity index (χ1v) is 15.4. The average molecular weight is 612 g/mol. The summed E-state index contributed by atoms with van der Waals surface area (Å²) in [6.45, 7) is 1.12. The Morgan fingerprint density at radius 1 is 0.909 bits per heavy atom. The predicted octanol–water partition coefficient (Wildman–Crippen LogP) is 6.85. The van der Waals surface area contributed by atoms with Gasteiger partial charge in [-0.15, -0.1) is 0 Å². The van der Waals surface area contributed by atoms with Gasteiger partial charge in [0.05, 0.1) is 16.2 Å². The molecule has 224 valence electrons. The second-order valence-corrected chi connectivity index (χ2v) is 11.9. The molecular weight excluding hydrogens is 580 g/mol. The highest BCUT2D eigenvalue weighted by Crippen LogP contribution is 2.31. The number of nitrogens with zero attached hydrogens (tertiary/aromatic N) is 3. The summed E-state index contributed by atoms with van der Waals surface area (Å²) in [6.07, 6.45) is 6.91. The number of benzene rings is 3. The molecule has 0 spiro atoms. The van der Waals surface area contributed by atoms with Gasteiger partial charge < -0.3 is 10.2 Å². The van der Waals surface area contributed by atoms with Crippen molar-refractivity contribution < 1.29 is 18.4 Å². The van der Waals surface area contributed by atoms with E-state index in [1.54, 1.807) is 30.5 Å². The Balaban J connectivity index is 1.16. The van der Waals surface area contributed by atoms with Crippen LogP contribution in [0.4, 0.5) is 19.5 Å². The third-order valence-electron chi connectivity index (χ3n) is 8.01. The van der Waals surface area contributed by atoms with Crippen LogP contribution in [0.15, 0.2) is 90.0 Å². The molecule has 6 rings (SSSR count). The first-order chi connectivity index (χ1) is 21.4. The van der Waals surface area contributed by atoms with Crippen LogP contribution in [0.3, 0.4) is 0 Å². The fourth-order valence-electron chi connectivity index (χ4n) is 5.80. The lowest BCUT2D eigenvalue weighted by molar-refractivity contribution is -0.115. The molecule has 1 aliphatic heterocycles. The van der Waals surface area contributed by atoms with E-state index in [1.165, 1.54) is 18.2 Å². The van der Waals surface area contributed by atoms with Crippen LogP contribution < -0.4 is 15.5 Å². The van der Waals surface area contributed by atoms with Gasteiger partial charge in [0.1, 0.15) is 11.6 Å². The fraction of sp³-hybridized carbons (Fsp3) is 0.235. The largest absolute Gasteiger partial charge is 0.333 e. The Labute approximate surface area is 258 Å². The highest BCUT2D eigenvalue weighted by atomic mass is 32.2. The van der Waals surface area contributed by atoms with Crippen molar-refractivity contribution in [2.75, 3.05) is 4.90 Å². The SMILES string of the molecule is O=C1NC(=O)C(=Cc2ccnc(N(Cc3ccccc3)C3CCC(NCc4ccccc4-c4c(F)cccc4F)CC3)n2)S1. The molecule has 1 aliphatic carbocycles. The molecule has 0 unspecified atom stereocenters. The maximum Gasteiger partial charge on any atom is 0.290 e. The van der Waals surface area contributed by atoms with Gasteiger partial charge in [0, 0.05) is 31.4 Å². The quantitative estimate of drug-likeness (QED) is 0.200. The Morgan fingerprint density at radius 3 is 2.36 bits per heavy atom. The number of hydrogen-bond acceptors (Lipinski definition) is 7. The Bertz CT molecular complexity index is 1670. The van der Waals surface area contributed by atoms with Crippen molar-refractivity contribution in [2.24, 2.45) is 0 Å². The smallest absolute Gasteiger partial charge is 0.290 e. The van der Waals surface area contributed by atoms with E-state index < -0.39 is 22.8 Å². The van der Waals surface area contributed by atoms with Crippen molar-refractivity contribution in [1.82, 2.24) is 20.6 Å². The van der Waals surface area contributed by atoms with Crippen molar-refractivity contribution in [3.05, 3.63) is 118 Å². The maximum atomic E-state index is 14.6. The summed E-state index contributed by atoms with van der Waals surface area (Å²) < 4.78 is 29.1. The van der Waals surface area contributed by atoms with E-state index in [1.807, 2.05) is 30.3 Å². The molecule has 2 fully saturated rings. The third-order valence-corrected chi connectivity index (χ3v) is 8.82. The molecule has 0 bridgehead atoms. The number of aromatic nitrogens is 2. The molecule has 1 aromatic heterocycles. The molecule has 0 radical (unpaired) electrons. The molecule has 4 aromatic rings. The van der Waals surface area contributed by atoms with Crippen molar-refractivity contribution in [2.45, 2.75) is 50.9 Å². The predicted molar refractivity (Wildman–Crippen MR) is 168 cm³/mol. The summed E-state index contributed by atoms with van der Waals surface area (Å²) in [7, 11) is 0. The van der Waals surface area contributed by atoms with E-state index in [0.717, 1.165) is 48.6 Å². The minimum atomic E-state index is -0.572. The second-order valence-electron chi connectivity index (χ2n) is 10.9. The third kappa shape index (κ3) is 6.87. The molecule has 1 saturated heterocycles. The van der Waals surface area contributed by atoms with Gasteiger partial charge in [-0.1, -0.05) is 60.7 Å². The molecule has 44 heavy (non-hydrogen) atoms. The summed E-state index contributed by atoms with van der Waals surface area (Å²) in [5.74, 6) is -1.00. The van der Waals surface area contributed by atoms with Crippen LogP contribution in [-0.2, 0) is 17.9 Å². The van der Waals surface area contributed by atoms with Crippen LogP contribution in [0.25, 0.3) is 17.2 Å². The number of imide groups is 1. The number of halogens is 2. The fourth-order valence-corrected chi connectivity index (χ4v) is 6.47. The number of hydrogen-bond donors (Lipinski definition) is 2. The Hall–Kier alpha value is -4.41. The summed E-state index contributed by atoms with van der Waals surface area (Å²) in [4.78, 5) is 35.6. The van der Waals surface area contributed by atoms with Gasteiger partial charge >= 0.3 is 0 Å². The highest BCUT2D eigenvalue weighted by Gasteiger charge is 2.29. The first-order valence-electron chi connectivity index (χ1n) is 14.6. The van der Waals surface area contributed by atoms with Gasteiger partial charge in [0.25, 0.3) is 11.1 Å². The van der Waals surface area contributed by atoms with Gasteiger partial charge in [0.2, 0.25) is 5.95 Å². The number of thioether (sulfide) groups is 1. The van der Waals surface area contributed by atoms with Crippen molar-refractivity contribution >= 4 is 34.9 Å². The van der Waals surface area contributed by atoms with Gasteiger partial charge in [-0.25, -0.2) is 18.7 Å².